The molecule has 0 unspecified atom stereocenters. The summed E-state index contributed by atoms with van der Waals surface area (Å²) in [6, 6.07) is -0.156. The molecule has 0 radical (unpaired) electrons. The number of anilines is 1. The fourth-order valence-electron chi connectivity index (χ4n) is 2.00. The lowest BCUT2D eigenvalue weighted by Gasteiger charge is -2.33. The maximum absolute atomic E-state index is 5.91. The van der Waals surface area contributed by atoms with E-state index in [1.165, 1.54) is 0 Å². The van der Waals surface area contributed by atoms with E-state index in [1.54, 1.807) is 6.33 Å². The number of aromatic amines is 1. The van der Waals surface area contributed by atoms with E-state index in [4.69, 9.17) is 22.8 Å². The molecule has 1 N–H and O–H groups in total. The lowest BCUT2D eigenvalue weighted by atomic mass is 10.2. The van der Waals surface area contributed by atoms with E-state index in [9.17, 15) is 0 Å². The third kappa shape index (κ3) is 1.78. The Hall–Kier alpha value is -1.84. The zero-order valence-corrected chi connectivity index (χ0v) is 10.2. The van der Waals surface area contributed by atoms with Crippen molar-refractivity contribution in [1.82, 2.24) is 19.9 Å². The number of imidazole rings is 1. The molecular weight excluding hydrogens is 254 g/mol. The summed E-state index contributed by atoms with van der Waals surface area (Å²) in [6.45, 7) is 1.75. The van der Waals surface area contributed by atoms with Gasteiger partial charge in [-0.3, -0.25) is 0 Å². The van der Waals surface area contributed by atoms with Crippen LogP contribution in [0.4, 0.5) is 5.82 Å². The molecule has 18 heavy (non-hydrogen) atoms. The molecule has 0 aromatic carbocycles. The molecule has 3 rings (SSSR count). The third-order valence-corrected chi connectivity index (χ3v) is 3.00. The standard InChI is InChI=1S/C11H10ClN5O/c1-2-7-5-18-4-3-17(7)10-8-9(14-6-13-8)15-11(12)16-10/h1,6-7H,3-5H2,(H,13,14,15,16)/t7-/m0/s1. The van der Waals surface area contributed by atoms with E-state index in [0.717, 1.165) is 5.52 Å². The van der Waals surface area contributed by atoms with Crippen molar-refractivity contribution in [3.63, 3.8) is 0 Å². The Morgan fingerprint density at radius 1 is 1.56 bits per heavy atom. The monoisotopic (exact) mass is 263 g/mol. The van der Waals surface area contributed by atoms with Gasteiger partial charge in [0.15, 0.2) is 11.5 Å². The van der Waals surface area contributed by atoms with Gasteiger partial charge in [-0.25, -0.2) is 4.98 Å². The number of H-pyrrole nitrogens is 1. The fourth-order valence-corrected chi connectivity index (χ4v) is 2.16. The van der Waals surface area contributed by atoms with Gasteiger partial charge in [0, 0.05) is 6.54 Å². The van der Waals surface area contributed by atoms with Crippen molar-refractivity contribution in [2.45, 2.75) is 6.04 Å². The normalized spacial score (nSPS) is 20.0. The van der Waals surface area contributed by atoms with Gasteiger partial charge in [-0.05, 0) is 11.6 Å². The lowest BCUT2D eigenvalue weighted by molar-refractivity contribution is 0.108. The van der Waals surface area contributed by atoms with Crippen molar-refractivity contribution >= 4 is 28.6 Å². The smallest absolute Gasteiger partial charge is 0.226 e. The summed E-state index contributed by atoms with van der Waals surface area (Å²) >= 11 is 5.91. The minimum Gasteiger partial charge on any atom is -0.376 e. The highest BCUT2D eigenvalue weighted by Gasteiger charge is 2.25. The van der Waals surface area contributed by atoms with Gasteiger partial charge in [-0.15, -0.1) is 6.42 Å². The molecule has 2 aromatic rings. The van der Waals surface area contributed by atoms with Crippen molar-refractivity contribution in [3.05, 3.63) is 11.6 Å². The van der Waals surface area contributed by atoms with Crippen LogP contribution in [-0.2, 0) is 4.74 Å². The maximum atomic E-state index is 5.91. The summed E-state index contributed by atoms with van der Waals surface area (Å²) in [5, 5.41) is 0.159. The molecule has 0 saturated carbocycles. The Morgan fingerprint density at radius 2 is 2.44 bits per heavy atom. The Labute approximate surface area is 108 Å². The van der Waals surface area contributed by atoms with Crippen LogP contribution in [0.1, 0.15) is 0 Å². The van der Waals surface area contributed by atoms with Crippen molar-refractivity contribution in [3.8, 4) is 12.3 Å². The zero-order chi connectivity index (χ0) is 12.5. The number of halogens is 1. The first kappa shape index (κ1) is 11.3. The summed E-state index contributed by atoms with van der Waals surface area (Å²) in [5.41, 5.74) is 1.27. The van der Waals surface area contributed by atoms with Crippen LogP contribution in [0.25, 0.3) is 11.2 Å². The van der Waals surface area contributed by atoms with Crippen molar-refractivity contribution in [2.24, 2.45) is 0 Å². The number of hydrogen-bond acceptors (Lipinski definition) is 5. The van der Waals surface area contributed by atoms with Gasteiger partial charge < -0.3 is 14.6 Å². The molecule has 7 heteroatoms. The van der Waals surface area contributed by atoms with Gasteiger partial charge in [0.1, 0.15) is 11.6 Å². The van der Waals surface area contributed by atoms with Gasteiger partial charge in [0.2, 0.25) is 5.28 Å². The number of morpholine rings is 1. The van der Waals surface area contributed by atoms with Gasteiger partial charge in [0.25, 0.3) is 0 Å². The van der Waals surface area contributed by atoms with E-state index in [0.29, 0.717) is 31.2 Å². The van der Waals surface area contributed by atoms with Gasteiger partial charge in [-0.2, -0.15) is 9.97 Å². The lowest BCUT2D eigenvalue weighted by Crippen LogP contribution is -2.45. The Balaban J connectivity index is 2.12. The zero-order valence-electron chi connectivity index (χ0n) is 9.43. The first-order valence-electron chi connectivity index (χ1n) is 5.46. The number of nitrogens with zero attached hydrogens (tertiary/aromatic N) is 4. The second-order valence-corrected chi connectivity index (χ2v) is 4.21. The molecular formula is C11H10ClN5O. The predicted molar refractivity (Wildman–Crippen MR) is 67.5 cm³/mol. The van der Waals surface area contributed by atoms with E-state index < -0.39 is 0 Å². The van der Waals surface area contributed by atoms with Crippen LogP contribution in [0.3, 0.4) is 0 Å². The maximum Gasteiger partial charge on any atom is 0.226 e. The van der Waals surface area contributed by atoms with Crippen molar-refractivity contribution in [1.29, 1.82) is 0 Å². The van der Waals surface area contributed by atoms with E-state index in [2.05, 4.69) is 25.9 Å². The summed E-state index contributed by atoms with van der Waals surface area (Å²) < 4.78 is 5.36. The molecule has 1 aliphatic rings. The summed E-state index contributed by atoms with van der Waals surface area (Å²) in [7, 11) is 0. The molecule has 0 spiro atoms. The molecule has 3 heterocycles. The number of aromatic nitrogens is 4. The fraction of sp³-hybridized carbons (Fsp3) is 0.364. The van der Waals surface area contributed by atoms with Gasteiger partial charge in [0.05, 0.1) is 19.5 Å². The Kier molecular flexibility index (Phi) is 2.78. The Bertz CT molecular complexity index is 619. The molecule has 1 saturated heterocycles. The highest BCUT2D eigenvalue weighted by atomic mass is 35.5. The first-order chi connectivity index (χ1) is 8.79. The molecule has 1 atom stereocenters. The predicted octanol–water partition coefficient (Wildman–Crippen LogP) is 0.845. The number of terminal acetylenes is 1. The van der Waals surface area contributed by atoms with Crippen LogP contribution in [0.5, 0.6) is 0 Å². The van der Waals surface area contributed by atoms with Crippen LogP contribution in [0, 0.1) is 12.3 Å². The summed E-state index contributed by atoms with van der Waals surface area (Å²) in [4.78, 5) is 17.4. The molecule has 6 nitrogen and oxygen atoms in total. The van der Waals surface area contributed by atoms with Crippen LogP contribution in [-0.4, -0.2) is 45.7 Å². The Morgan fingerprint density at radius 3 is 3.28 bits per heavy atom. The minimum absolute atomic E-state index is 0.156. The number of hydrogen-bond donors (Lipinski definition) is 1. The minimum atomic E-state index is -0.156. The average Bonchev–Trinajstić information content (AvgIpc) is 2.85. The quantitative estimate of drug-likeness (QED) is 0.610. The molecule has 1 fully saturated rings. The topological polar surface area (TPSA) is 66.9 Å². The van der Waals surface area contributed by atoms with E-state index >= 15 is 0 Å². The highest BCUT2D eigenvalue weighted by molar-refractivity contribution is 6.28. The van der Waals surface area contributed by atoms with Gasteiger partial charge >= 0.3 is 0 Å². The molecule has 0 bridgehead atoms. The third-order valence-electron chi connectivity index (χ3n) is 2.83. The average molecular weight is 264 g/mol. The van der Waals surface area contributed by atoms with Crippen LogP contribution >= 0.6 is 11.6 Å². The molecule has 0 aliphatic carbocycles. The number of ether oxygens (including phenoxy) is 1. The highest BCUT2D eigenvalue weighted by Crippen LogP contribution is 2.25. The van der Waals surface area contributed by atoms with Crippen LogP contribution in [0.2, 0.25) is 5.28 Å². The first-order valence-corrected chi connectivity index (χ1v) is 5.84. The second-order valence-electron chi connectivity index (χ2n) is 3.87. The number of nitrogens with one attached hydrogen (secondary N) is 1. The van der Waals surface area contributed by atoms with Crippen LogP contribution in [0.15, 0.2) is 6.33 Å². The molecule has 0 amide bonds. The van der Waals surface area contributed by atoms with E-state index in [1.807, 2.05) is 4.90 Å². The second kappa shape index (κ2) is 4.44. The largest absolute Gasteiger partial charge is 0.376 e. The SMILES string of the molecule is C#C[C@H]1COCCN1c1nc(Cl)nc2nc[nH]c12. The summed E-state index contributed by atoms with van der Waals surface area (Å²) in [5.74, 6) is 3.37. The molecule has 92 valence electrons. The number of rotatable bonds is 1. The molecule has 1 aliphatic heterocycles. The van der Waals surface area contributed by atoms with Crippen LogP contribution < -0.4 is 4.90 Å². The molecule has 2 aromatic heterocycles. The van der Waals surface area contributed by atoms with Gasteiger partial charge in [-0.1, -0.05) is 5.92 Å². The van der Waals surface area contributed by atoms with Crippen molar-refractivity contribution < 1.29 is 4.74 Å². The van der Waals surface area contributed by atoms with Crippen molar-refractivity contribution in [2.75, 3.05) is 24.7 Å². The summed E-state index contributed by atoms with van der Waals surface area (Å²) in [6.07, 6.45) is 7.07. The van der Waals surface area contributed by atoms with E-state index in [-0.39, 0.29) is 11.3 Å². The number of fused-ring (bicyclic) bond motifs is 1.